The van der Waals surface area contributed by atoms with Gasteiger partial charge in [0.1, 0.15) is 23.1 Å². The van der Waals surface area contributed by atoms with Gasteiger partial charge in [-0.1, -0.05) is 12.1 Å². The molecule has 2 aliphatic rings. The molecule has 2 aliphatic heterocycles. The molecule has 1 atom stereocenters. The highest BCUT2D eigenvalue weighted by molar-refractivity contribution is 7.07. The van der Waals surface area contributed by atoms with E-state index in [9.17, 15) is 14.4 Å². The maximum Gasteiger partial charge on any atom is 0.273 e. The van der Waals surface area contributed by atoms with E-state index in [4.69, 9.17) is 4.74 Å². The monoisotopic (exact) mass is 453 g/mol. The summed E-state index contributed by atoms with van der Waals surface area (Å²) in [4.78, 5) is 42.3. The summed E-state index contributed by atoms with van der Waals surface area (Å²) < 4.78 is 8.09. The van der Waals surface area contributed by atoms with Crippen molar-refractivity contribution in [2.75, 3.05) is 13.1 Å². The molecule has 1 aromatic carbocycles. The van der Waals surface area contributed by atoms with Crippen LogP contribution in [-0.4, -0.2) is 56.6 Å². The number of aryl methyl sites for hydroxylation is 1. The number of hydrogen-bond acceptors (Lipinski definition) is 7. The molecule has 0 spiro atoms. The Morgan fingerprint density at radius 1 is 1.22 bits per heavy atom. The van der Waals surface area contributed by atoms with Crippen molar-refractivity contribution in [3.63, 3.8) is 0 Å². The molecule has 1 N–H and O–H groups in total. The number of nitrogens with one attached hydrogen (secondary N) is 1. The van der Waals surface area contributed by atoms with Gasteiger partial charge in [-0.25, -0.2) is 4.98 Å². The van der Waals surface area contributed by atoms with Gasteiger partial charge in [0.2, 0.25) is 11.8 Å². The number of amides is 3. The average Bonchev–Trinajstić information content (AvgIpc) is 3.43. The minimum atomic E-state index is -0.452. The summed E-state index contributed by atoms with van der Waals surface area (Å²) in [5.74, 6) is -0.320. The lowest BCUT2D eigenvalue weighted by molar-refractivity contribution is -0.134. The second-order valence-corrected chi connectivity index (χ2v) is 8.87. The molecule has 9 nitrogen and oxygen atoms in total. The molecule has 2 fully saturated rings. The van der Waals surface area contributed by atoms with Crippen LogP contribution in [0.25, 0.3) is 10.9 Å². The topological polar surface area (TPSA) is 106 Å². The summed E-state index contributed by atoms with van der Waals surface area (Å²) >= 11 is 1.42. The summed E-state index contributed by atoms with van der Waals surface area (Å²) in [6, 6.07) is 5.74. The van der Waals surface area contributed by atoms with E-state index in [-0.39, 0.29) is 23.8 Å². The van der Waals surface area contributed by atoms with Gasteiger partial charge in [-0.3, -0.25) is 24.4 Å². The lowest BCUT2D eigenvalue weighted by Gasteiger charge is -2.32. The van der Waals surface area contributed by atoms with Crippen molar-refractivity contribution in [1.82, 2.24) is 25.0 Å². The normalized spacial score (nSPS) is 19.9. The minimum Gasteiger partial charge on any atom is -0.488 e. The van der Waals surface area contributed by atoms with Gasteiger partial charge >= 0.3 is 0 Å². The van der Waals surface area contributed by atoms with Gasteiger partial charge < -0.3 is 9.64 Å². The fourth-order valence-corrected chi connectivity index (χ4v) is 5.00. The number of thiazole rings is 1. The van der Waals surface area contributed by atoms with Crippen molar-refractivity contribution in [2.45, 2.75) is 37.7 Å². The van der Waals surface area contributed by atoms with Crippen LogP contribution in [-0.2, 0) is 16.6 Å². The molecular formula is C22H23N5O4S. The fourth-order valence-electron chi connectivity index (χ4n) is 4.47. The summed E-state index contributed by atoms with van der Waals surface area (Å²) in [6.07, 6.45) is 2.19. The Bertz CT molecular complexity index is 1180. The number of piperidine rings is 2. The Hall–Kier alpha value is -3.27. The Morgan fingerprint density at radius 2 is 2.03 bits per heavy atom. The number of nitrogens with zero attached hydrogens (tertiary/aromatic N) is 4. The van der Waals surface area contributed by atoms with E-state index in [1.807, 2.05) is 30.1 Å². The zero-order chi connectivity index (χ0) is 22.2. The molecule has 0 radical (unpaired) electrons. The molecule has 5 rings (SSSR count). The van der Waals surface area contributed by atoms with Gasteiger partial charge in [0, 0.05) is 50.2 Å². The maximum atomic E-state index is 12.5. The minimum absolute atomic E-state index is 0.0194. The first-order valence-corrected chi connectivity index (χ1v) is 11.6. The molecule has 4 heterocycles. The number of hydrogen-bond donors (Lipinski definition) is 1. The van der Waals surface area contributed by atoms with Gasteiger partial charge in [-0.05, 0) is 12.5 Å². The molecule has 3 aromatic rings. The van der Waals surface area contributed by atoms with Crippen LogP contribution < -0.4 is 10.1 Å². The average molecular weight is 454 g/mol. The molecule has 2 saturated heterocycles. The quantitative estimate of drug-likeness (QED) is 0.607. The lowest BCUT2D eigenvalue weighted by atomic mass is 9.93. The maximum absolute atomic E-state index is 12.5. The molecule has 0 saturated carbocycles. The number of likely N-dealkylation sites (tertiary alicyclic amines) is 1. The van der Waals surface area contributed by atoms with Crippen LogP contribution >= 0.6 is 11.3 Å². The highest BCUT2D eigenvalue weighted by Crippen LogP contribution is 2.35. The number of carbonyl (C=O) groups is 3. The Labute approximate surface area is 188 Å². The lowest BCUT2D eigenvalue weighted by Crippen LogP contribution is -2.41. The third kappa shape index (κ3) is 3.75. The van der Waals surface area contributed by atoms with Crippen LogP contribution in [0.4, 0.5) is 0 Å². The van der Waals surface area contributed by atoms with Crippen molar-refractivity contribution in [3.05, 3.63) is 40.5 Å². The molecular weight excluding hydrogens is 430 g/mol. The van der Waals surface area contributed by atoms with Crippen molar-refractivity contribution >= 4 is 40.0 Å². The molecule has 10 heteroatoms. The second-order valence-electron chi connectivity index (χ2n) is 8.15. The number of ether oxygens (including phenoxy) is 1. The third-order valence-corrected chi connectivity index (χ3v) is 6.69. The van der Waals surface area contributed by atoms with E-state index in [1.165, 1.54) is 11.3 Å². The van der Waals surface area contributed by atoms with E-state index in [2.05, 4.69) is 15.4 Å². The summed E-state index contributed by atoms with van der Waals surface area (Å²) in [5.41, 5.74) is 3.66. The van der Waals surface area contributed by atoms with Crippen molar-refractivity contribution < 1.29 is 19.1 Å². The number of para-hydroxylation sites is 1. The van der Waals surface area contributed by atoms with Crippen LogP contribution in [0.15, 0.2) is 29.1 Å². The number of benzene rings is 1. The predicted molar refractivity (Wildman–Crippen MR) is 118 cm³/mol. The van der Waals surface area contributed by atoms with Crippen LogP contribution in [0.3, 0.4) is 0 Å². The molecule has 32 heavy (non-hydrogen) atoms. The van der Waals surface area contributed by atoms with Gasteiger partial charge in [0.05, 0.1) is 17.1 Å². The van der Waals surface area contributed by atoms with Crippen LogP contribution in [0, 0.1) is 0 Å². The highest BCUT2D eigenvalue weighted by Gasteiger charge is 2.32. The fraction of sp³-hybridized carbons (Fsp3) is 0.409. The Kier molecular flexibility index (Phi) is 5.38. The number of rotatable bonds is 4. The standard InChI is InChI=1S/C22H23N5O4S/c1-26-20-14(19(25-26)15-5-6-18(28)24-21(15)29)3-2-4-17(20)31-13-7-9-27(10-8-13)22(30)16-11-32-12-23-16/h2-4,11-13,15H,5-10H2,1H3,(H,24,28,29). The van der Waals surface area contributed by atoms with Crippen LogP contribution in [0.1, 0.15) is 47.8 Å². The zero-order valence-electron chi connectivity index (χ0n) is 17.6. The van der Waals surface area contributed by atoms with E-state index in [1.54, 1.807) is 15.6 Å². The second kappa shape index (κ2) is 8.34. The van der Waals surface area contributed by atoms with E-state index in [0.717, 1.165) is 23.7 Å². The zero-order valence-corrected chi connectivity index (χ0v) is 18.4. The Morgan fingerprint density at radius 3 is 2.75 bits per heavy atom. The highest BCUT2D eigenvalue weighted by atomic mass is 32.1. The number of aromatic nitrogens is 3. The van der Waals surface area contributed by atoms with Gasteiger partial charge in [-0.15, -0.1) is 11.3 Å². The van der Waals surface area contributed by atoms with Gasteiger partial charge in [0.15, 0.2) is 0 Å². The molecule has 3 amide bonds. The predicted octanol–water partition coefficient (Wildman–Crippen LogP) is 2.23. The number of carbonyl (C=O) groups excluding carboxylic acids is 3. The van der Waals surface area contributed by atoms with Crippen molar-refractivity contribution in [2.24, 2.45) is 7.05 Å². The smallest absolute Gasteiger partial charge is 0.273 e. The van der Waals surface area contributed by atoms with Crippen LogP contribution in [0.2, 0.25) is 0 Å². The third-order valence-electron chi connectivity index (χ3n) is 6.10. The molecule has 0 aliphatic carbocycles. The van der Waals surface area contributed by atoms with E-state index < -0.39 is 5.92 Å². The first kappa shape index (κ1) is 20.6. The largest absolute Gasteiger partial charge is 0.488 e. The first-order chi connectivity index (χ1) is 15.5. The molecule has 0 bridgehead atoms. The van der Waals surface area contributed by atoms with E-state index in [0.29, 0.717) is 43.1 Å². The van der Waals surface area contributed by atoms with Gasteiger partial charge in [-0.2, -0.15) is 5.10 Å². The molecule has 2 aromatic heterocycles. The van der Waals surface area contributed by atoms with Crippen molar-refractivity contribution in [3.8, 4) is 5.75 Å². The summed E-state index contributed by atoms with van der Waals surface area (Å²) in [6.45, 7) is 1.23. The van der Waals surface area contributed by atoms with E-state index >= 15 is 0 Å². The first-order valence-electron chi connectivity index (χ1n) is 10.6. The number of fused-ring (bicyclic) bond motifs is 1. The SMILES string of the molecule is Cn1nc(C2CCC(=O)NC2=O)c2cccc(OC3CCN(C(=O)c4cscn4)CC3)c21. The van der Waals surface area contributed by atoms with Crippen LogP contribution in [0.5, 0.6) is 5.75 Å². The summed E-state index contributed by atoms with van der Waals surface area (Å²) in [7, 11) is 1.83. The molecule has 1 unspecified atom stereocenters. The van der Waals surface area contributed by atoms with Gasteiger partial charge in [0.25, 0.3) is 5.91 Å². The molecule has 166 valence electrons. The Balaban J connectivity index is 1.32. The number of imide groups is 1. The summed E-state index contributed by atoms with van der Waals surface area (Å²) in [5, 5.41) is 9.65. The van der Waals surface area contributed by atoms with Crippen molar-refractivity contribution in [1.29, 1.82) is 0 Å².